The first-order valence-electron chi connectivity index (χ1n) is 11.7. The normalized spacial score (nSPS) is 18.0. The molecule has 0 aliphatic carbocycles. The number of nitrogens with one attached hydrogen (secondary N) is 1. The second kappa shape index (κ2) is 11.0. The Morgan fingerprint density at radius 1 is 1.00 bits per heavy atom. The van der Waals surface area contributed by atoms with Crippen molar-refractivity contribution in [2.45, 2.75) is 31.6 Å². The van der Waals surface area contributed by atoms with Crippen molar-refractivity contribution in [2.75, 3.05) is 18.6 Å². The van der Waals surface area contributed by atoms with Crippen LogP contribution in [-0.4, -0.2) is 49.3 Å². The molecular formula is C28H30N4O3. The fourth-order valence-electron chi connectivity index (χ4n) is 4.12. The fraction of sp³-hybridized carbons (Fsp3) is 0.250. The number of ketones is 1. The van der Waals surface area contributed by atoms with Gasteiger partial charge in [-0.15, -0.1) is 0 Å². The van der Waals surface area contributed by atoms with Crippen molar-refractivity contribution in [3.63, 3.8) is 0 Å². The largest absolute Gasteiger partial charge is 0.493 e. The third-order valence-corrected chi connectivity index (χ3v) is 6.06. The Kier molecular flexibility index (Phi) is 7.57. The summed E-state index contributed by atoms with van der Waals surface area (Å²) in [6.45, 7) is 1.88. The first-order chi connectivity index (χ1) is 17.0. The van der Waals surface area contributed by atoms with Gasteiger partial charge in [0.2, 0.25) is 5.91 Å². The quantitative estimate of drug-likeness (QED) is 0.527. The number of anilines is 1. The fourth-order valence-corrected chi connectivity index (χ4v) is 4.12. The minimum Gasteiger partial charge on any atom is -0.493 e. The average molecular weight is 471 g/mol. The van der Waals surface area contributed by atoms with Crippen LogP contribution in [0.1, 0.15) is 24.5 Å². The zero-order chi connectivity index (χ0) is 24.8. The molecule has 180 valence electrons. The van der Waals surface area contributed by atoms with Gasteiger partial charge in [-0.25, -0.2) is 0 Å². The topological polar surface area (TPSA) is 97.0 Å². The van der Waals surface area contributed by atoms with Gasteiger partial charge in [0, 0.05) is 23.9 Å². The van der Waals surface area contributed by atoms with Crippen LogP contribution in [0.5, 0.6) is 5.75 Å². The zero-order valence-electron chi connectivity index (χ0n) is 19.9. The van der Waals surface area contributed by atoms with E-state index in [2.05, 4.69) is 5.32 Å². The minimum absolute atomic E-state index is 0.132. The van der Waals surface area contributed by atoms with Gasteiger partial charge in [-0.1, -0.05) is 66.7 Å². The molecule has 0 spiro atoms. The Morgan fingerprint density at radius 3 is 2.34 bits per heavy atom. The second-order valence-electron chi connectivity index (χ2n) is 8.51. The Balaban J connectivity index is 1.51. The Hall–Kier alpha value is -3.97. The van der Waals surface area contributed by atoms with Crippen LogP contribution in [0, 0.1) is 0 Å². The summed E-state index contributed by atoms with van der Waals surface area (Å²) in [5.74, 6) is 0.176. The zero-order valence-corrected chi connectivity index (χ0v) is 19.9. The molecule has 3 aromatic rings. The predicted octanol–water partition coefficient (Wildman–Crippen LogP) is 3.17. The molecule has 1 heterocycles. The van der Waals surface area contributed by atoms with Crippen molar-refractivity contribution in [1.82, 2.24) is 5.32 Å². The number of hydrogen-bond donors (Lipinski definition) is 2. The molecule has 0 bridgehead atoms. The van der Waals surface area contributed by atoms with E-state index in [-0.39, 0.29) is 24.7 Å². The molecule has 1 aliphatic rings. The number of Topliss-reactive ketones (excluding diaryl/α,β-unsaturated/α-hetero) is 1. The molecule has 1 amide bonds. The van der Waals surface area contributed by atoms with Gasteiger partial charge in [-0.3, -0.25) is 14.6 Å². The summed E-state index contributed by atoms with van der Waals surface area (Å²) in [6, 6.07) is 25.2. The van der Waals surface area contributed by atoms with E-state index in [0.717, 1.165) is 16.8 Å². The van der Waals surface area contributed by atoms with Crippen molar-refractivity contribution < 1.29 is 14.3 Å². The van der Waals surface area contributed by atoms with Gasteiger partial charge in [0.25, 0.3) is 0 Å². The molecule has 4 rings (SSSR count). The lowest BCUT2D eigenvalue weighted by atomic mass is 10.00. The second-order valence-corrected chi connectivity index (χ2v) is 8.51. The van der Waals surface area contributed by atoms with Gasteiger partial charge in [-0.2, -0.15) is 0 Å². The van der Waals surface area contributed by atoms with Gasteiger partial charge in [-0.05, 0) is 25.1 Å². The highest BCUT2D eigenvalue weighted by Gasteiger charge is 2.36. The maximum atomic E-state index is 13.5. The Morgan fingerprint density at radius 2 is 1.63 bits per heavy atom. The molecule has 7 nitrogen and oxygen atoms in total. The van der Waals surface area contributed by atoms with Crippen LogP contribution in [0.25, 0.3) is 0 Å². The van der Waals surface area contributed by atoms with Crippen molar-refractivity contribution in [2.24, 2.45) is 10.7 Å². The van der Waals surface area contributed by atoms with Crippen LogP contribution < -0.4 is 20.7 Å². The van der Waals surface area contributed by atoms with Crippen molar-refractivity contribution in [3.05, 3.63) is 96.1 Å². The lowest BCUT2D eigenvalue weighted by Crippen LogP contribution is -2.55. The molecular weight excluding hydrogens is 440 g/mol. The average Bonchev–Trinajstić information content (AvgIpc) is 2.99. The van der Waals surface area contributed by atoms with E-state index in [1.165, 1.54) is 0 Å². The minimum atomic E-state index is -0.863. The summed E-state index contributed by atoms with van der Waals surface area (Å²) >= 11 is 0. The van der Waals surface area contributed by atoms with Crippen molar-refractivity contribution in [1.29, 1.82) is 0 Å². The summed E-state index contributed by atoms with van der Waals surface area (Å²) in [5.41, 5.74) is 9.96. The van der Waals surface area contributed by atoms with E-state index in [0.29, 0.717) is 11.5 Å². The van der Waals surface area contributed by atoms with Crippen LogP contribution in [-0.2, 0) is 9.59 Å². The van der Waals surface area contributed by atoms with E-state index < -0.39 is 18.2 Å². The van der Waals surface area contributed by atoms with E-state index >= 15 is 0 Å². The molecule has 1 aliphatic heterocycles. The highest BCUT2D eigenvalue weighted by atomic mass is 16.5. The summed E-state index contributed by atoms with van der Waals surface area (Å²) in [5, 5.41) is 2.78. The number of likely N-dealkylation sites (N-methyl/N-ethyl adjacent to an activating group) is 1. The molecule has 3 aromatic carbocycles. The molecule has 2 unspecified atom stereocenters. The number of para-hydroxylation sites is 2. The number of benzene rings is 3. The van der Waals surface area contributed by atoms with Gasteiger partial charge >= 0.3 is 0 Å². The molecule has 0 saturated carbocycles. The van der Waals surface area contributed by atoms with Crippen LogP contribution in [0.3, 0.4) is 0 Å². The molecule has 3 atom stereocenters. The third-order valence-electron chi connectivity index (χ3n) is 6.06. The SMILES string of the molecule is CC(NC(=O)CCOc1ccccc1)C(=O)C1N=C(c2ccccc2)c2ccccc2N(C)[C@@H]1N. The highest BCUT2D eigenvalue weighted by Crippen LogP contribution is 2.29. The molecule has 0 aromatic heterocycles. The van der Waals surface area contributed by atoms with Crippen molar-refractivity contribution >= 4 is 23.1 Å². The number of aliphatic imine (C=N–C) groups is 1. The smallest absolute Gasteiger partial charge is 0.223 e. The first kappa shape index (κ1) is 24.2. The number of nitrogens with zero attached hydrogens (tertiary/aromatic N) is 2. The van der Waals surface area contributed by atoms with Crippen LogP contribution in [0.15, 0.2) is 89.9 Å². The van der Waals surface area contributed by atoms with E-state index in [1.54, 1.807) is 6.92 Å². The lowest BCUT2D eigenvalue weighted by Gasteiger charge is -2.30. The number of nitrogens with two attached hydrogens (primary N) is 1. The Bertz CT molecular complexity index is 1200. The number of amides is 1. The molecule has 0 fully saturated rings. The van der Waals surface area contributed by atoms with E-state index in [1.807, 2.05) is 96.9 Å². The van der Waals surface area contributed by atoms with Crippen molar-refractivity contribution in [3.8, 4) is 5.75 Å². The summed E-state index contributed by atoms with van der Waals surface area (Å²) in [6.07, 6.45) is -0.557. The molecule has 7 heteroatoms. The molecule has 3 N–H and O–H groups in total. The Labute approximate surface area is 205 Å². The van der Waals surface area contributed by atoms with Gasteiger partial charge in [0.15, 0.2) is 5.78 Å². The van der Waals surface area contributed by atoms with Crippen LogP contribution in [0.2, 0.25) is 0 Å². The number of fused-ring (bicyclic) bond motifs is 1. The van der Waals surface area contributed by atoms with Crippen LogP contribution >= 0.6 is 0 Å². The standard InChI is InChI=1S/C28H30N4O3/c1-19(30-24(33)17-18-35-21-13-7-4-8-14-21)27(34)26-28(29)32(2)23-16-10-9-15-22(23)25(31-26)20-11-5-3-6-12-20/h3-16,19,26,28H,17-18,29H2,1-2H3,(H,30,33)/t19?,26?,28-/m0/s1. The molecule has 0 radical (unpaired) electrons. The number of benzodiazepines with no additional fused rings is 1. The van der Waals surface area contributed by atoms with E-state index in [9.17, 15) is 9.59 Å². The number of hydrogen-bond acceptors (Lipinski definition) is 6. The van der Waals surface area contributed by atoms with Crippen LogP contribution in [0.4, 0.5) is 5.69 Å². The number of carbonyl (C=O) groups is 2. The maximum absolute atomic E-state index is 13.5. The van der Waals surface area contributed by atoms with E-state index in [4.69, 9.17) is 15.5 Å². The number of rotatable bonds is 8. The highest BCUT2D eigenvalue weighted by molar-refractivity contribution is 6.17. The number of ether oxygens (including phenoxy) is 1. The third kappa shape index (κ3) is 5.58. The predicted molar refractivity (Wildman–Crippen MR) is 138 cm³/mol. The maximum Gasteiger partial charge on any atom is 0.223 e. The first-order valence-corrected chi connectivity index (χ1v) is 11.7. The lowest BCUT2D eigenvalue weighted by molar-refractivity contribution is -0.128. The monoisotopic (exact) mass is 470 g/mol. The summed E-state index contributed by atoms with van der Waals surface area (Å²) in [4.78, 5) is 32.7. The van der Waals surface area contributed by atoms with Gasteiger partial charge in [0.1, 0.15) is 18.0 Å². The number of carbonyl (C=O) groups excluding carboxylic acids is 2. The molecule has 35 heavy (non-hydrogen) atoms. The van der Waals surface area contributed by atoms with Gasteiger partial charge < -0.3 is 20.7 Å². The summed E-state index contributed by atoms with van der Waals surface area (Å²) < 4.78 is 5.59. The summed E-state index contributed by atoms with van der Waals surface area (Å²) in [7, 11) is 1.86. The molecule has 0 saturated heterocycles. The van der Waals surface area contributed by atoms with Gasteiger partial charge in [0.05, 0.1) is 24.8 Å².